The number of nitrogens with zero attached hydrogens (tertiary/aromatic N) is 1. The number of rotatable bonds is 3. The number of likely N-dealkylation sites (tertiary alicyclic amines) is 1. The number of benzene rings is 2. The van der Waals surface area contributed by atoms with E-state index in [0.717, 1.165) is 64.0 Å². The molecule has 2 unspecified atom stereocenters. The highest BCUT2D eigenvalue weighted by Gasteiger charge is 2.51. The Bertz CT molecular complexity index is 905. The van der Waals surface area contributed by atoms with Crippen molar-refractivity contribution in [2.24, 2.45) is 5.92 Å². The number of nitrogens with one attached hydrogen (secondary N) is 1. The molecule has 2 atom stereocenters. The summed E-state index contributed by atoms with van der Waals surface area (Å²) in [6, 6.07) is 17.2. The molecule has 158 valence electrons. The lowest BCUT2D eigenvalue weighted by atomic mass is 9.64. The fourth-order valence-corrected chi connectivity index (χ4v) is 6.12. The van der Waals surface area contributed by atoms with Gasteiger partial charge in [0.15, 0.2) is 0 Å². The van der Waals surface area contributed by atoms with E-state index in [2.05, 4.69) is 58.7 Å². The van der Waals surface area contributed by atoms with Crippen molar-refractivity contribution in [3.63, 3.8) is 0 Å². The first-order chi connectivity index (χ1) is 14.7. The molecule has 2 fully saturated rings. The summed E-state index contributed by atoms with van der Waals surface area (Å²) in [5, 5.41) is 3.58. The maximum absolute atomic E-state index is 13.7. The van der Waals surface area contributed by atoms with E-state index < -0.39 is 0 Å². The van der Waals surface area contributed by atoms with Crippen molar-refractivity contribution in [2.45, 2.75) is 43.4 Å². The largest absolute Gasteiger partial charge is 0.497 e. The highest BCUT2D eigenvalue weighted by Crippen LogP contribution is 2.46. The zero-order valence-electron chi connectivity index (χ0n) is 17.9. The van der Waals surface area contributed by atoms with Gasteiger partial charge in [0.1, 0.15) is 5.75 Å². The number of piperidine rings is 1. The number of ether oxygens (including phenoxy) is 1. The van der Waals surface area contributed by atoms with Gasteiger partial charge in [-0.25, -0.2) is 0 Å². The summed E-state index contributed by atoms with van der Waals surface area (Å²) in [6.07, 6.45) is 5.45. The van der Waals surface area contributed by atoms with E-state index in [0.29, 0.717) is 11.8 Å². The van der Waals surface area contributed by atoms with Crippen LogP contribution in [-0.4, -0.2) is 44.1 Å². The summed E-state index contributed by atoms with van der Waals surface area (Å²) in [5.74, 6) is 1.89. The third kappa shape index (κ3) is 3.31. The Morgan fingerprint density at radius 3 is 2.70 bits per heavy atom. The Kier molecular flexibility index (Phi) is 5.28. The molecule has 0 bridgehead atoms. The molecule has 0 aromatic heterocycles. The summed E-state index contributed by atoms with van der Waals surface area (Å²) in [7, 11) is 1.73. The van der Waals surface area contributed by atoms with Crippen LogP contribution >= 0.6 is 0 Å². The van der Waals surface area contributed by atoms with Gasteiger partial charge in [0.25, 0.3) is 0 Å². The van der Waals surface area contributed by atoms with Gasteiger partial charge in [0.2, 0.25) is 5.91 Å². The van der Waals surface area contributed by atoms with Gasteiger partial charge in [-0.2, -0.15) is 0 Å². The van der Waals surface area contributed by atoms with Crippen LogP contribution in [0.4, 0.5) is 0 Å². The van der Waals surface area contributed by atoms with Crippen LogP contribution in [0, 0.1) is 5.92 Å². The number of carbonyl (C=O) groups is 1. The van der Waals surface area contributed by atoms with Gasteiger partial charge in [-0.05, 0) is 66.8 Å². The van der Waals surface area contributed by atoms with Crippen molar-refractivity contribution in [3.8, 4) is 5.75 Å². The second kappa shape index (κ2) is 8.07. The van der Waals surface area contributed by atoms with Crippen molar-refractivity contribution in [1.82, 2.24) is 10.2 Å². The van der Waals surface area contributed by atoms with Crippen LogP contribution in [0.3, 0.4) is 0 Å². The highest BCUT2D eigenvalue weighted by molar-refractivity contribution is 5.82. The van der Waals surface area contributed by atoms with Crippen molar-refractivity contribution >= 4 is 5.91 Å². The molecule has 2 aromatic carbocycles. The smallest absolute Gasteiger partial charge is 0.227 e. The molecule has 0 radical (unpaired) electrons. The lowest BCUT2D eigenvalue weighted by molar-refractivity contribution is -0.138. The van der Waals surface area contributed by atoms with E-state index in [4.69, 9.17) is 4.74 Å². The predicted octanol–water partition coefficient (Wildman–Crippen LogP) is 3.89. The topological polar surface area (TPSA) is 41.6 Å². The molecule has 1 aliphatic carbocycles. The lowest BCUT2D eigenvalue weighted by Gasteiger charge is -2.42. The van der Waals surface area contributed by atoms with Crippen LogP contribution in [0.25, 0.3) is 0 Å². The zero-order chi connectivity index (χ0) is 20.6. The zero-order valence-corrected chi connectivity index (χ0v) is 17.9. The number of fused-ring (bicyclic) bond motifs is 2. The maximum atomic E-state index is 13.7. The fourth-order valence-electron chi connectivity index (χ4n) is 6.12. The number of carbonyl (C=O) groups excluding carboxylic acids is 1. The summed E-state index contributed by atoms with van der Waals surface area (Å²) in [6.45, 7) is 3.45. The molecule has 2 aromatic rings. The molecule has 30 heavy (non-hydrogen) atoms. The first-order valence-corrected chi connectivity index (χ1v) is 11.4. The average Bonchev–Trinajstić information content (AvgIpc) is 3.23. The molecule has 2 saturated heterocycles. The molecule has 1 N–H and O–H groups in total. The minimum atomic E-state index is -0.0623. The first-order valence-electron chi connectivity index (χ1n) is 11.4. The first kappa shape index (κ1) is 19.6. The maximum Gasteiger partial charge on any atom is 0.227 e. The third-order valence-corrected chi connectivity index (χ3v) is 7.75. The van der Waals surface area contributed by atoms with Gasteiger partial charge in [-0.3, -0.25) is 4.79 Å². The SMILES string of the molecule is COc1ccc2c(c1)CCCC21CNCC1C(=O)N1CCC(c2ccccc2)CC1. The Hall–Kier alpha value is -2.33. The van der Waals surface area contributed by atoms with E-state index in [-0.39, 0.29) is 11.3 Å². The van der Waals surface area contributed by atoms with Crippen molar-refractivity contribution in [1.29, 1.82) is 0 Å². The number of hydrogen-bond acceptors (Lipinski definition) is 3. The van der Waals surface area contributed by atoms with Gasteiger partial charge >= 0.3 is 0 Å². The Labute approximate surface area is 179 Å². The van der Waals surface area contributed by atoms with Crippen LogP contribution in [0.15, 0.2) is 48.5 Å². The normalized spacial score (nSPS) is 26.6. The average molecular weight is 405 g/mol. The molecule has 4 heteroatoms. The van der Waals surface area contributed by atoms with Gasteiger partial charge < -0.3 is 15.0 Å². The molecule has 0 saturated carbocycles. The minimum absolute atomic E-state index is 0.0400. The van der Waals surface area contributed by atoms with E-state index in [1.165, 1.54) is 16.7 Å². The van der Waals surface area contributed by atoms with Crippen LogP contribution in [-0.2, 0) is 16.6 Å². The van der Waals surface area contributed by atoms with E-state index in [1.807, 2.05) is 0 Å². The van der Waals surface area contributed by atoms with Gasteiger partial charge in [-0.15, -0.1) is 0 Å². The van der Waals surface area contributed by atoms with Gasteiger partial charge in [-0.1, -0.05) is 36.4 Å². The monoisotopic (exact) mass is 404 g/mol. The molecule has 4 nitrogen and oxygen atoms in total. The second-order valence-electron chi connectivity index (χ2n) is 9.23. The lowest BCUT2D eigenvalue weighted by Crippen LogP contribution is -2.49. The molecule has 2 aliphatic heterocycles. The van der Waals surface area contributed by atoms with Crippen molar-refractivity contribution in [2.75, 3.05) is 33.3 Å². The van der Waals surface area contributed by atoms with Gasteiger partial charge in [0, 0.05) is 31.6 Å². The molecule has 1 spiro atoms. The number of methoxy groups -OCH3 is 1. The molecular weight excluding hydrogens is 372 g/mol. The minimum Gasteiger partial charge on any atom is -0.497 e. The summed E-state index contributed by atoms with van der Waals surface area (Å²) in [4.78, 5) is 15.9. The van der Waals surface area contributed by atoms with E-state index >= 15 is 0 Å². The standard InChI is InChI=1S/C26H32N2O2/c1-30-22-9-10-23-21(16-22)8-5-13-26(23)18-27-17-24(26)25(29)28-14-11-20(12-15-28)19-6-3-2-4-7-19/h2-4,6-7,9-10,16,20,24,27H,5,8,11-15,17-18H2,1H3. The van der Waals surface area contributed by atoms with E-state index in [9.17, 15) is 4.79 Å². The molecule has 2 heterocycles. The Morgan fingerprint density at radius 1 is 1.13 bits per heavy atom. The Balaban J connectivity index is 1.35. The van der Waals surface area contributed by atoms with Crippen LogP contribution < -0.4 is 10.1 Å². The molecule has 3 aliphatic rings. The van der Waals surface area contributed by atoms with Crippen LogP contribution in [0.5, 0.6) is 5.75 Å². The summed E-state index contributed by atoms with van der Waals surface area (Å²) in [5.41, 5.74) is 4.09. The summed E-state index contributed by atoms with van der Waals surface area (Å²) < 4.78 is 5.46. The number of aryl methyl sites for hydroxylation is 1. The Morgan fingerprint density at radius 2 is 1.93 bits per heavy atom. The summed E-state index contributed by atoms with van der Waals surface area (Å²) >= 11 is 0. The van der Waals surface area contributed by atoms with Crippen LogP contribution in [0.2, 0.25) is 0 Å². The fraction of sp³-hybridized carbons (Fsp3) is 0.500. The number of amides is 1. The van der Waals surface area contributed by atoms with Crippen molar-refractivity contribution in [3.05, 3.63) is 65.2 Å². The molecule has 5 rings (SSSR count). The third-order valence-electron chi connectivity index (χ3n) is 7.75. The quantitative estimate of drug-likeness (QED) is 0.844. The molecular formula is C26H32N2O2. The molecule has 1 amide bonds. The second-order valence-corrected chi connectivity index (χ2v) is 9.23. The predicted molar refractivity (Wildman–Crippen MR) is 119 cm³/mol. The van der Waals surface area contributed by atoms with Crippen molar-refractivity contribution < 1.29 is 9.53 Å². The van der Waals surface area contributed by atoms with Crippen LogP contribution in [0.1, 0.15) is 48.3 Å². The highest BCUT2D eigenvalue weighted by atomic mass is 16.5. The van der Waals surface area contributed by atoms with Gasteiger partial charge in [0.05, 0.1) is 13.0 Å². The van der Waals surface area contributed by atoms with E-state index in [1.54, 1.807) is 7.11 Å². The number of hydrogen-bond donors (Lipinski definition) is 1.